The standard InChI is InChI=1S/C22H16ClFN2O2S2/c23-18-11-5-7-13-20(18)26-22(29-15-16-8-4-6-12-19(16)24)21(14-25)30(27,28)17-9-2-1-3-10-17/h1-13,26H,15H2/b22-21+. The first kappa shape index (κ1) is 21.9. The van der Waals surface area contributed by atoms with Gasteiger partial charge < -0.3 is 5.32 Å². The summed E-state index contributed by atoms with van der Waals surface area (Å²) in [7, 11) is -4.10. The van der Waals surface area contributed by atoms with E-state index in [1.807, 2.05) is 0 Å². The van der Waals surface area contributed by atoms with Gasteiger partial charge in [0.2, 0.25) is 9.84 Å². The molecule has 30 heavy (non-hydrogen) atoms. The van der Waals surface area contributed by atoms with Crippen molar-refractivity contribution in [2.45, 2.75) is 10.6 Å². The van der Waals surface area contributed by atoms with E-state index >= 15 is 0 Å². The van der Waals surface area contributed by atoms with E-state index in [1.54, 1.807) is 66.7 Å². The molecule has 8 heteroatoms. The molecule has 0 aliphatic rings. The molecule has 152 valence electrons. The lowest BCUT2D eigenvalue weighted by molar-refractivity contribution is 0.603. The Morgan fingerprint density at radius 3 is 2.30 bits per heavy atom. The Morgan fingerprint density at radius 2 is 1.63 bits per heavy atom. The van der Waals surface area contributed by atoms with Gasteiger partial charge in [-0.05, 0) is 35.9 Å². The topological polar surface area (TPSA) is 70.0 Å². The molecule has 0 amide bonds. The zero-order chi connectivity index (χ0) is 21.6. The molecule has 0 saturated carbocycles. The van der Waals surface area contributed by atoms with Crippen molar-refractivity contribution in [3.8, 4) is 6.07 Å². The number of hydrogen-bond donors (Lipinski definition) is 1. The van der Waals surface area contributed by atoms with E-state index in [4.69, 9.17) is 11.6 Å². The minimum atomic E-state index is -4.10. The van der Waals surface area contributed by atoms with E-state index in [-0.39, 0.29) is 15.7 Å². The molecular weight excluding hydrogens is 443 g/mol. The molecule has 3 rings (SSSR count). The molecule has 0 unspecified atom stereocenters. The molecule has 0 bridgehead atoms. The molecule has 0 radical (unpaired) electrons. The molecule has 0 aromatic heterocycles. The van der Waals surface area contributed by atoms with Gasteiger partial charge in [-0.15, -0.1) is 11.8 Å². The molecule has 1 N–H and O–H groups in total. The Bertz CT molecular complexity index is 1220. The number of halogens is 2. The summed E-state index contributed by atoms with van der Waals surface area (Å²) in [4.78, 5) is -0.471. The lowest BCUT2D eigenvalue weighted by atomic mass is 10.2. The maximum atomic E-state index is 14.1. The van der Waals surface area contributed by atoms with Gasteiger partial charge in [-0.2, -0.15) is 5.26 Å². The highest BCUT2D eigenvalue weighted by Crippen LogP contribution is 2.33. The van der Waals surface area contributed by atoms with Crippen molar-refractivity contribution in [3.63, 3.8) is 0 Å². The van der Waals surface area contributed by atoms with Crippen molar-refractivity contribution < 1.29 is 12.8 Å². The van der Waals surface area contributed by atoms with Gasteiger partial charge in [-0.1, -0.05) is 60.1 Å². The second-order valence-corrected chi connectivity index (χ2v) is 9.35. The molecule has 3 aromatic rings. The highest BCUT2D eigenvalue weighted by atomic mass is 35.5. The number of anilines is 1. The Kier molecular flexibility index (Phi) is 7.16. The summed E-state index contributed by atoms with van der Waals surface area (Å²) < 4.78 is 40.3. The molecule has 0 fully saturated rings. The summed E-state index contributed by atoms with van der Waals surface area (Å²) in [5, 5.41) is 13.1. The van der Waals surface area contributed by atoms with Gasteiger partial charge in [0, 0.05) is 5.75 Å². The van der Waals surface area contributed by atoms with Crippen LogP contribution in [0.3, 0.4) is 0 Å². The number of allylic oxidation sites excluding steroid dienone is 1. The van der Waals surface area contributed by atoms with Crippen molar-refractivity contribution in [2.75, 3.05) is 5.32 Å². The molecule has 0 aliphatic carbocycles. The van der Waals surface area contributed by atoms with Crippen molar-refractivity contribution in [1.82, 2.24) is 0 Å². The maximum absolute atomic E-state index is 14.1. The number of nitrogens with one attached hydrogen (secondary N) is 1. The monoisotopic (exact) mass is 458 g/mol. The predicted molar refractivity (Wildman–Crippen MR) is 119 cm³/mol. The normalized spacial score (nSPS) is 12.0. The molecule has 0 spiro atoms. The second-order valence-electron chi connectivity index (χ2n) is 6.07. The SMILES string of the molecule is N#C/C(=C(/Nc1ccccc1Cl)SCc1ccccc1F)S(=O)(=O)c1ccccc1. The number of nitrogens with zero attached hydrogens (tertiary/aromatic N) is 1. The zero-order valence-corrected chi connectivity index (χ0v) is 17.9. The average molecular weight is 459 g/mol. The third-order valence-corrected chi connectivity index (χ3v) is 7.32. The summed E-state index contributed by atoms with van der Waals surface area (Å²) in [5.74, 6) is -0.291. The number of rotatable bonds is 7. The lowest BCUT2D eigenvalue weighted by Gasteiger charge is -2.15. The summed E-state index contributed by atoms with van der Waals surface area (Å²) in [6.45, 7) is 0. The van der Waals surface area contributed by atoms with Gasteiger partial charge in [0.05, 0.1) is 15.6 Å². The summed E-state index contributed by atoms with van der Waals surface area (Å²) in [5.41, 5.74) is 0.821. The summed E-state index contributed by atoms with van der Waals surface area (Å²) >= 11 is 7.22. The molecule has 4 nitrogen and oxygen atoms in total. The number of hydrogen-bond acceptors (Lipinski definition) is 5. The summed E-state index contributed by atoms with van der Waals surface area (Å²) in [6, 6.07) is 22.4. The Balaban J connectivity index is 2.07. The van der Waals surface area contributed by atoms with E-state index < -0.39 is 20.6 Å². The second kappa shape index (κ2) is 9.81. The van der Waals surface area contributed by atoms with E-state index in [0.717, 1.165) is 11.8 Å². The van der Waals surface area contributed by atoms with Crippen LogP contribution in [-0.2, 0) is 15.6 Å². The van der Waals surface area contributed by atoms with E-state index in [9.17, 15) is 18.1 Å². The fraction of sp³-hybridized carbons (Fsp3) is 0.0455. The highest BCUT2D eigenvalue weighted by Gasteiger charge is 2.26. The number of nitriles is 1. The first-order valence-corrected chi connectivity index (χ1v) is 11.6. The first-order valence-electron chi connectivity index (χ1n) is 8.75. The van der Waals surface area contributed by atoms with Crippen molar-refractivity contribution >= 4 is 38.9 Å². The third-order valence-electron chi connectivity index (χ3n) is 4.08. The van der Waals surface area contributed by atoms with Crippen molar-refractivity contribution in [2.24, 2.45) is 0 Å². The number of sulfone groups is 1. The molecule has 3 aromatic carbocycles. The van der Waals surface area contributed by atoms with E-state index in [2.05, 4.69) is 5.32 Å². The van der Waals surface area contributed by atoms with Crippen LogP contribution in [0.25, 0.3) is 0 Å². The average Bonchev–Trinajstić information content (AvgIpc) is 2.75. The Morgan fingerprint density at radius 1 is 1.00 bits per heavy atom. The maximum Gasteiger partial charge on any atom is 0.219 e. The van der Waals surface area contributed by atoms with Crippen molar-refractivity contribution in [1.29, 1.82) is 5.26 Å². The quantitative estimate of drug-likeness (QED) is 0.440. The Labute approximate surface area is 183 Å². The minimum absolute atomic E-state index is 0.00787. The molecule has 0 aliphatic heterocycles. The third kappa shape index (κ3) is 5.03. The number of para-hydroxylation sites is 1. The molecular formula is C22H16ClFN2O2S2. The van der Waals surface area contributed by atoms with Crippen LogP contribution in [-0.4, -0.2) is 8.42 Å². The van der Waals surface area contributed by atoms with Crippen LogP contribution < -0.4 is 5.32 Å². The van der Waals surface area contributed by atoms with Crippen LogP contribution in [0, 0.1) is 17.1 Å². The van der Waals surface area contributed by atoms with Gasteiger partial charge >= 0.3 is 0 Å². The largest absolute Gasteiger partial charge is 0.347 e. The fourth-order valence-electron chi connectivity index (χ4n) is 2.56. The van der Waals surface area contributed by atoms with Crippen molar-refractivity contribution in [3.05, 3.63) is 105 Å². The van der Waals surface area contributed by atoms with Crippen LogP contribution in [0.2, 0.25) is 5.02 Å². The van der Waals surface area contributed by atoms with Crippen LogP contribution >= 0.6 is 23.4 Å². The lowest BCUT2D eigenvalue weighted by Crippen LogP contribution is -2.10. The predicted octanol–water partition coefficient (Wildman–Crippen LogP) is 5.99. The number of benzene rings is 3. The smallest absolute Gasteiger partial charge is 0.219 e. The van der Waals surface area contributed by atoms with Gasteiger partial charge in [-0.25, -0.2) is 12.8 Å². The Hall–Kier alpha value is -2.79. The van der Waals surface area contributed by atoms with Crippen LogP contribution in [0.5, 0.6) is 0 Å². The van der Waals surface area contributed by atoms with Crippen LogP contribution in [0.15, 0.2) is 93.7 Å². The summed E-state index contributed by atoms with van der Waals surface area (Å²) in [6.07, 6.45) is 0. The number of thioether (sulfide) groups is 1. The van der Waals surface area contributed by atoms with E-state index in [0.29, 0.717) is 16.3 Å². The van der Waals surface area contributed by atoms with Gasteiger partial charge in [0.1, 0.15) is 16.9 Å². The zero-order valence-electron chi connectivity index (χ0n) is 15.5. The van der Waals surface area contributed by atoms with Crippen LogP contribution in [0.4, 0.5) is 10.1 Å². The van der Waals surface area contributed by atoms with Gasteiger partial charge in [-0.3, -0.25) is 0 Å². The highest BCUT2D eigenvalue weighted by molar-refractivity contribution is 8.04. The van der Waals surface area contributed by atoms with Gasteiger partial charge in [0.25, 0.3) is 0 Å². The molecule has 0 atom stereocenters. The minimum Gasteiger partial charge on any atom is -0.347 e. The first-order chi connectivity index (χ1) is 14.4. The van der Waals surface area contributed by atoms with E-state index in [1.165, 1.54) is 18.2 Å². The van der Waals surface area contributed by atoms with Gasteiger partial charge in [0.15, 0.2) is 4.91 Å². The molecule has 0 heterocycles. The van der Waals surface area contributed by atoms with Crippen LogP contribution in [0.1, 0.15) is 5.56 Å². The molecule has 0 saturated heterocycles. The fourth-order valence-corrected chi connectivity index (χ4v) is 5.31.